The highest BCUT2D eigenvalue weighted by Gasteiger charge is 2.49. The molecule has 1 aliphatic carbocycles. The van der Waals surface area contributed by atoms with Gasteiger partial charge in [-0.2, -0.15) is 0 Å². The van der Waals surface area contributed by atoms with Crippen LogP contribution in [0.25, 0.3) is 0 Å². The van der Waals surface area contributed by atoms with E-state index >= 15 is 0 Å². The Morgan fingerprint density at radius 1 is 1.05 bits per heavy atom. The summed E-state index contributed by atoms with van der Waals surface area (Å²) in [4.78, 5) is 0. The van der Waals surface area contributed by atoms with Gasteiger partial charge in [0.2, 0.25) is 0 Å². The third kappa shape index (κ3) is 2.81. The van der Waals surface area contributed by atoms with Gasteiger partial charge in [-0.1, -0.05) is 42.5 Å². The molecule has 1 saturated carbocycles. The standard InChI is InChI=1S/C19H23NO/c1-20-18(14-15-8-10-17(21-2)11-9-15)19(12-13-19)16-6-4-3-5-7-16/h3-11,18,20H,12-14H2,1-2H3. The average molecular weight is 281 g/mol. The summed E-state index contributed by atoms with van der Waals surface area (Å²) >= 11 is 0. The maximum Gasteiger partial charge on any atom is 0.118 e. The van der Waals surface area contributed by atoms with Gasteiger partial charge < -0.3 is 10.1 Å². The van der Waals surface area contributed by atoms with Gasteiger partial charge in [-0.05, 0) is 49.6 Å². The molecular weight excluding hydrogens is 258 g/mol. The van der Waals surface area contributed by atoms with Crippen LogP contribution in [0.2, 0.25) is 0 Å². The summed E-state index contributed by atoms with van der Waals surface area (Å²) in [6, 6.07) is 19.8. The zero-order chi connectivity index (χ0) is 14.7. The molecule has 1 atom stereocenters. The van der Waals surface area contributed by atoms with Crippen LogP contribution in [-0.4, -0.2) is 20.2 Å². The average Bonchev–Trinajstić information content (AvgIpc) is 3.36. The monoisotopic (exact) mass is 281 g/mol. The molecule has 2 aromatic rings. The lowest BCUT2D eigenvalue weighted by Crippen LogP contribution is -2.39. The van der Waals surface area contributed by atoms with Crippen LogP contribution in [0.3, 0.4) is 0 Å². The first-order valence-electron chi connectivity index (χ1n) is 7.64. The lowest BCUT2D eigenvalue weighted by Gasteiger charge is -2.27. The highest BCUT2D eigenvalue weighted by molar-refractivity contribution is 5.36. The van der Waals surface area contributed by atoms with Gasteiger partial charge in [0.05, 0.1) is 7.11 Å². The number of ether oxygens (including phenoxy) is 1. The lowest BCUT2D eigenvalue weighted by atomic mass is 9.84. The van der Waals surface area contributed by atoms with Gasteiger partial charge >= 0.3 is 0 Å². The second-order valence-corrected chi connectivity index (χ2v) is 5.92. The molecule has 1 N–H and O–H groups in total. The molecule has 1 fully saturated rings. The van der Waals surface area contributed by atoms with Crippen LogP contribution in [0.5, 0.6) is 5.75 Å². The van der Waals surface area contributed by atoms with Gasteiger partial charge in [-0.3, -0.25) is 0 Å². The Morgan fingerprint density at radius 2 is 1.71 bits per heavy atom. The number of benzene rings is 2. The van der Waals surface area contributed by atoms with Crippen molar-refractivity contribution in [1.29, 1.82) is 0 Å². The van der Waals surface area contributed by atoms with Gasteiger partial charge in [-0.25, -0.2) is 0 Å². The number of hydrogen-bond acceptors (Lipinski definition) is 2. The topological polar surface area (TPSA) is 21.3 Å². The summed E-state index contributed by atoms with van der Waals surface area (Å²) in [7, 11) is 3.79. The van der Waals surface area contributed by atoms with Crippen molar-refractivity contribution in [1.82, 2.24) is 5.32 Å². The molecule has 0 bridgehead atoms. The van der Waals surface area contributed by atoms with E-state index in [1.807, 2.05) is 12.1 Å². The van der Waals surface area contributed by atoms with Crippen molar-refractivity contribution < 1.29 is 4.74 Å². The number of hydrogen-bond donors (Lipinski definition) is 1. The Kier molecular flexibility index (Phi) is 3.98. The van der Waals surface area contributed by atoms with E-state index in [4.69, 9.17) is 4.74 Å². The Bertz CT molecular complexity index is 572. The van der Waals surface area contributed by atoms with Crippen LogP contribution < -0.4 is 10.1 Å². The summed E-state index contributed by atoms with van der Waals surface area (Å²) in [6.45, 7) is 0. The molecule has 2 nitrogen and oxygen atoms in total. The van der Waals surface area contributed by atoms with E-state index in [0.29, 0.717) is 11.5 Å². The van der Waals surface area contributed by atoms with E-state index < -0.39 is 0 Å². The molecule has 21 heavy (non-hydrogen) atoms. The van der Waals surface area contributed by atoms with Crippen LogP contribution in [-0.2, 0) is 11.8 Å². The van der Waals surface area contributed by atoms with E-state index in [-0.39, 0.29) is 0 Å². The molecule has 0 amide bonds. The Labute approximate surface area is 127 Å². The van der Waals surface area contributed by atoms with Crippen molar-refractivity contribution in [2.75, 3.05) is 14.2 Å². The predicted octanol–water partition coefficient (Wildman–Crippen LogP) is 3.56. The molecule has 1 unspecified atom stereocenters. The van der Waals surface area contributed by atoms with Crippen molar-refractivity contribution in [2.45, 2.75) is 30.7 Å². The first-order valence-corrected chi connectivity index (χ1v) is 7.64. The SMILES string of the molecule is CNC(Cc1ccc(OC)cc1)C1(c2ccccc2)CC1. The number of likely N-dealkylation sites (N-methyl/N-ethyl adjacent to an activating group) is 1. The largest absolute Gasteiger partial charge is 0.497 e. The molecule has 1 aliphatic rings. The second-order valence-electron chi connectivity index (χ2n) is 5.92. The second kappa shape index (κ2) is 5.90. The van der Waals surface area contributed by atoms with Gasteiger partial charge in [-0.15, -0.1) is 0 Å². The smallest absolute Gasteiger partial charge is 0.118 e. The zero-order valence-electron chi connectivity index (χ0n) is 12.8. The van der Waals surface area contributed by atoms with Gasteiger partial charge in [0.15, 0.2) is 0 Å². The Morgan fingerprint density at radius 3 is 2.24 bits per heavy atom. The fourth-order valence-electron chi connectivity index (χ4n) is 3.31. The maximum atomic E-state index is 5.23. The van der Waals surface area contributed by atoms with Gasteiger partial charge in [0.25, 0.3) is 0 Å². The lowest BCUT2D eigenvalue weighted by molar-refractivity contribution is 0.414. The van der Waals surface area contributed by atoms with Crippen molar-refractivity contribution in [3.8, 4) is 5.75 Å². The molecule has 0 spiro atoms. The number of nitrogens with one attached hydrogen (secondary N) is 1. The highest BCUT2D eigenvalue weighted by atomic mass is 16.5. The van der Waals surface area contributed by atoms with Crippen LogP contribution in [0.4, 0.5) is 0 Å². The molecule has 0 heterocycles. The molecule has 2 heteroatoms. The third-order valence-corrected chi connectivity index (χ3v) is 4.75. The minimum Gasteiger partial charge on any atom is -0.497 e. The molecule has 110 valence electrons. The first-order chi connectivity index (χ1) is 10.3. The van der Waals surface area contributed by atoms with Crippen molar-refractivity contribution in [2.24, 2.45) is 0 Å². The molecule has 0 aliphatic heterocycles. The normalized spacial score (nSPS) is 17.2. The summed E-state index contributed by atoms with van der Waals surface area (Å²) in [5.41, 5.74) is 3.14. The molecule has 0 radical (unpaired) electrons. The molecular formula is C19H23NO. The van der Waals surface area contributed by atoms with E-state index in [1.54, 1.807) is 7.11 Å². The minimum atomic E-state index is 0.315. The van der Waals surface area contributed by atoms with E-state index in [1.165, 1.54) is 24.0 Å². The maximum absolute atomic E-state index is 5.23. The van der Waals surface area contributed by atoms with Crippen LogP contribution >= 0.6 is 0 Å². The summed E-state index contributed by atoms with van der Waals surface area (Å²) < 4.78 is 5.23. The number of rotatable bonds is 6. The van der Waals surface area contributed by atoms with E-state index in [0.717, 1.165) is 12.2 Å². The third-order valence-electron chi connectivity index (χ3n) is 4.75. The molecule has 3 rings (SSSR count). The first kappa shape index (κ1) is 14.2. The molecule has 0 aromatic heterocycles. The van der Waals surface area contributed by atoms with Crippen molar-refractivity contribution >= 4 is 0 Å². The van der Waals surface area contributed by atoms with Crippen molar-refractivity contribution in [3.05, 3.63) is 65.7 Å². The van der Waals surface area contributed by atoms with Gasteiger partial charge in [0, 0.05) is 11.5 Å². The molecule has 2 aromatic carbocycles. The summed E-state index contributed by atoms with van der Waals surface area (Å²) in [5, 5.41) is 3.55. The fourth-order valence-corrected chi connectivity index (χ4v) is 3.31. The van der Waals surface area contributed by atoms with Crippen LogP contribution in [0.15, 0.2) is 54.6 Å². The zero-order valence-corrected chi connectivity index (χ0v) is 12.8. The summed E-state index contributed by atoms with van der Waals surface area (Å²) in [6.07, 6.45) is 3.60. The van der Waals surface area contributed by atoms with E-state index in [2.05, 4.69) is 54.8 Å². The fraction of sp³-hybridized carbons (Fsp3) is 0.368. The van der Waals surface area contributed by atoms with Gasteiger partial charge in [0.1, 0.15) is 5.75 Å². The Hall–Kier alpha value is -1.80. The van der Waals surface area contributed by atoms with E-state index in [9.17, 15) is 0 Å². The Balaban J connectivity index is 1.79. The minimum absolute atomic E-state index is 0.315. The van der Waals surface area contributed by atoms with Crippen LogP contribution in [0, 0.1) is 0 Å². The summed E-state index contributed by atoms with van der Waals surface area (Å²) in [5.74, 6) is 0.920. The predicted molar refractivity (Wildman–Crippen MR) is 86.9 cm³/mol. The molecule has 0 saturated heterocycles. The quantitative estimate of drug-likeness (QED) is 0.874. The number of methoxy groups -OCH3 is 1. The van der Waals surface area contributed by atoms with Crippen molar-refractivity contribution in [3.63, 3.8) is 0 Å². The van der Waals surface area contributed by atoms with Crippen LogP contribution in [0.1, 0.15) is 24.0 Å². The highest BCUT2D eigenvalue weighted by Crippen LogP contribution is 2.51.